The van der Waals surface area contributed by atoms with Crippen molar-refractivity contribution in [3.05, 3.63) is 64.7 Å². The number of hydrogen-bond donors (Lipinski definition) is 2. The van der Waals surface area contributed by atoms with E-state index in [2.05, 4.69) is 5.32 Å². The Labute approximate surface area is 135 Å². The molecule has 1 unspecified atom stereocenters. The summed E-state index contributed by atoms with van der Waals surface area (Å²) < 4.78 is 37.7. The summed E-state index contributed by atoms with van der Waals surface area (Å²) in [5.41, 5.74) is 2.21. The molecule has 1 aliphatic heterocycles. The van der Waals surface area contributed by atoms with Crippen LogP contribution in [0.1, 0.15) is 33.1 Å². The summed E-state index contributed by atoms with van der Waals surface area (Å²) in [6.45, 7) is 1.84. The third-order valence-electron chi connectivity index (χ3n) is 3.92. The highest BCUT2D eigenvalue weighted by atomic mass is 19.4. The van der Waals surface area contributed by atoms with E-state index in [-0.39, 0.29) is 17.2 Å². The standard InChI is InChI=1S/C17H13F3N2O2/c1-9-5-2-3-6-10(9)14-13-11(15(23)22-14)7-4-8-12(13)21-16(24)17(18,19)20/h2-8,14H,1H3,(H,21,24)(H,22,23). The van der Waals surface area contributed by atoms with Crippen LogP contribution in [-0.4, -0.2) is 18.0 Å². The van der Waals surface area contributed by atoms with Crippen molar-refractivity contribution in [2.75, 3.05) is 5.32 Å². The number of rotatable bonds is 2. The number of alkyl halides is 3. The molecular formula is C17H13F3N2O2. The molecule has 124 valence electrons. The van der Waals surface area contributed by atoms with Crippen molar-refractivity contribution in [1.82, 2.24) is 5.32 Å². The van der Waals surface area contributed by atoms with Gasteiger partial charge in [-0.1, -0.05) is 30.3 Å². The van der Waals surface area contributed by atoms with Crippen LogP contribution in [0.4, 0.5) is 18.9 Å². The molecule has 2 aromatic carbocycles. The van der Waals surface area contributed by atoms with Gasteiger partial charge in [-0.05, 0) is 30.2 Å². The fourth-order valence-corrected chi connectivity index (χ4v) is 2.80. The van der Waals surface area contributed by atoms with Crippen LogP contribution in [0.3, 0.4) is 0 Å². The number of amides is 2. The minimum atomic E-state index is -5.00. The lowest BCUT2D eigenvalue weighted by Gasteiger charge is -2.18. The monoisotopic (exact) mass is 334 g/mol. The summed E-state index contributed by atoms with van der Waals surface area (Å²) >= 11 is 0. The molecule has 0 aromatic heterocycles. The van der Waals surface area contributed by atoms with Gasteiger partial charge in [0.25, 0.3) is 5.91 Å². The second-order valence-corrected chi connectivity index (χ2v) is 5.48. The molecule has 0 spiro atoms. The first-order valence-corrected chi connectivity index (χ1v) is 7.16. The number of halogens is 3. The Hall–Kier alpha value is -2.83. The van der Waals surface area contributed by atoms with Gasteiger partial charge in [0.2, 0.25) is 0 Å². The van der Waals surface area contributed by atoms with Crippen LogP contribution in [-0.2, 0) is 4.79 Å². The van der Waals surface area contributed by atoms with Crippen molar-refractivity contribution in [2.24, 2.45) is 0 Å². The second kappa shape index (κ2) is 5.67. The van der Waals surface area contributed by atoms with E-state index in [0.29, 0.717) is 5.56 Å². The first-order valence-electron chi connectivity index (χ1n) is 7.16. The maximum absolute atomic E-state index is 12.6. The summed E-state index contributed by atoms with van der Waals surface area (Å²) in [5, 5.41) is 4.62. The molecule has 1 aliphatic rings. The van der Waals surface area contributed by atoms with E-state index in [4.69, 9.17) is 0 Å². The number of benzene rings is 2. The second-order valence-electron chi connectivity index (χ2n) is 5.48. The fraction of sp³-hybridized carbons (Fsp3) is 0.176. The van der Waals surface area contributed by atoms with Crippen LogP contribution in [0.5, 0.6) is 0 Å². The molecule has 0 aliphatic carbocycles. The number of carbonyl (C=O) groups is 2. The summed E-state index contributed by atoms with van der Waals surface area (Å²) in [6, 6.07) is 10.9. The van der Waals surface area contributed by atoms with Gasteiger partial charge in [-0.2, -0.15) is 13.2 Å². The number of aryl methyl sites for hydroxylation is 1. The van der Waals surface area contributed by atoms with Gasteiger partial charge in [-0.3, -0.25) is 9.59 Å². The van der Waals surface area contributed by atoms with Gasteiger partial charge in [0, 0.05) is 16.8 Å². The zero-order valence-corrected chi connectivity index (χ0v) is 12.6. The molecule has 0 fully saturated rings. The van der Waals surface area contributed by atoms with E-state index in [1.54, 1.807) is 12.1 Å². The molecule has 1 heterocycles. The molecule has 0 bridgehead atoms. The predicted octanol–water partition coefficient (Wildman–Crippen LogP) is 3.33. The Kier molecular flexibility index (Phi) is 3.79. The molecule has 24 heavy (non-hydrogen) atoms. The van der Waals surface area contributed by atoms with Crippen LogP contribution in [0.2, 0.25) is 0 Å². The summed E-state index contributed by atoms with van der Waals surface area (Å²) in [5.74, 6) is -2.46. The molecule has 0 saturated carbocycles. The summed E-state index contributed by atoms with van der Waals surface area (Å²) in [6.07, 6.45) is -5.00. The minimum Gasteiger partial charge on any atom is -0.341 e. The third kappa shape index (κ3) is 2.73. The lowest BCUT2D eigenvalue weighted by molar-refractivity contribution is -0.167. The first kappa shape index (κ1) is 16.0. The topological polar surface area (TPSA) is 58.2 Å². The average molecular weight is 334 g/mol. The van der Waals surface area contributed by atoms with Gasteiger partial charge in [0.1, 0.15) is 0 Å². The lowest BCUT2D eigenvalue weighted by Crippen LogP contribution is -2.30. The molecule has 0 radical (unpaired) electrons. The Morgan fingerprint density at radius 2 is 1.83 bits per heavy atom. The Morgan fingerprint density at radius 1 is 1.12 bits per heavy atom. The fourth-order valence-electron chi connectivity index (χ4n) is 2.80. The van der Waals surface area contributed by atoms with Crippen LogP contribution in [0.15, 0.2) is 42.5 Å². The molecular weight excluding hydrogens is 321 g/mol. The van der Waals surface area contributed by atoms with E-state index in [9.17, 15) is 22.8 Å². The van der Waals surface area contributed by atoms with Gasteiger partial charge < -0.3 is 10.6 Å². The molecule has 2 N–H and O–H groups in total. The van der Waals surface area contributed by atoms with E-state index >= 15 is 0 Å². The SMILES string of the molecule is Cc1ccccc1C1NC(=O)c2cccc(NC(=O)C(F)(F)F)c21. The Balaban J connectivity index is 2.08. The summed E-state index contributed by atoms with van der Waals surface area (Å²) in [4.78, 5) is 23.4. The molecule has 0 saturated heterocycles. The molecule has 3 rings (SSSR count). The van der Waals surface area contributed by atoms with E-state index < -0.39 is 18.1 Å². The van der Waals surface area contributed by atoms with E-state index in [0.717, 1.165) is 11.1 Å². The van der Waals surface area contributed by atoms with Crippen molar-refractivity contribution >= 4 is 17.5 Å². The van der Waals surface area contributed by atoms with Crippen LogP contribution >= 0.6 is 0 Å². The van der Waals surface area contributed by atoms with Gasteiger partial charge in [-0.25, -0.2) is 0 Å². The minimum absolute atomic E-state index is 0.0265. The van der Waals surface area contributed by atoms with Crippen molar-refractivity contribution in [1.29, 1.82) is 0 Å². The zero-order chi connectivity index (χ0) is 17.5. The number of fused-ring (bicyclic) bond motifs is 1. The molecule has 2 amide bonds. The quantitative estimate of drug-likeness (QED) is 0.885. The van der Waals surface area contributed by atoms with Crippen LogP contribution < -0.4 is 10.6 Å². The normalized spacial score (nSPS) is 16.5. The van der Waals surface area contributed by atoms with E-state index in [1.165, 1.54) is 18.2 Å². The maximum Gasteiger partial charge on any atom is 0.471 e. The summed E-state index contributed by atoms with van der Waals surface area (Å²) in [7, 11) is 0. The molecule has 1 atom stereocenters. The predicted molar refractivity (Wildman–Crippen MR) is 81.6 cm³/mol. The molecule has 2 aromatic rings. The van der Waals surface area contributed by atoms with Crippen molar-refractivity contribution < 1.29 is 22.8 Å². The number of anilines is 1. The lowest BCUT2D eigenvalue weighted by atomic mass is 9.93. The van der Waals surface area contributed by atoms with Gasteiger partial charge in [0.15, 0.2) is 0 Å². The molecule has 7 heteroatoms. The van der Waals surface area contributed by atoms with Crippen molar-refractivity contribution in [3.8, 4) is 0 Å². The van der Waals surface area contributed by atoms with E-state index in [1.807, 2.05) is 24.4 Å². The van der Waals surface area contributed by atoms with Gasteiger partial charge >= 0.3 is 12.1 Å². The number of hydrogen-bond acceptors (Lipinski definition) is 2. The highest BCUT2D eigenvalue weighted by Crippen LogP contribution is 2.37. The van der Waals surface area contributed by atoms with Crippen LogP contribution in [0, 0.1) is 6.92 Å². The first-order chi connectivity index (χ1) is 11.3. The van der Waals surface area contributed by atoms with Crippen molar-refractivity contribution in [2.45, 2.75) is 19.1 Å². The highest BCUT2D eigenvalue weighted by Gasteiger charge is 2.40. The highest BCUT2D eigenvalue weighted by molar-refractivity contribution is 6.04. The Morgan fingerprint density at radius 3 is 2.50 bits per heavy atom. The Bertz CT molecular complexity index is 831. The smallest absolute Gasteiger partial charge is 0.341 e. The number of carbonyl (C=O) groups excluding carboxylic acids is 2. The van der Waals surface area contributed by atoms with Crippen molar-refractivity contribution in [3.63, 3.8) is 0 Å². The maximum atomic E-state index is 12.6. The zero-order valence-electron chi connectivity index (χ0n) is 12.6. The largest absolute Gasteiger partial charge is 0.471 e. The molecule has 4 nitrogen and oxygen atoms in total. The van der Waals surface area contributed by atoms with Gasteiger partial charge in [-0.15, -0.1) is 0 Å². The van der Waals surface area contributed by atoms with Crippen LogP contribution in [0.25, 0.3) is 0 Å². The number of nitrogens with one attached hydrogen (secondary N) is 2. The average Bonchev–Trinajstić information content (AvgIpc) is 2.85. The van der Waals surface area contributed by atoms with Gasteiger partial charge in [0.05, 0.1) is 6.04 Å². The third-order valence-corrected chi connectivity index (χ3v) is 3.92.